The standard InChI is InChI=1S/C44H60O2Si3/c1-43(2,3)48(9,10)45-41-33-25-19-27-39(37(33)29-35(41)31-21-15-13-16-22-31)47(7,8)40-28-20-26-34-38(40)30-36(32-23-17-14-18-24-32)42(34)46-49(11,12)44(4,5)6/h13-28,35-36,41-42H,29-30H2,1-12H3. The van der Waals surface area contributed by atoms with Crippen LogP contribution in [0.15, 0.2) is 97.1 Å². The largest absolute Gasteiger partial charge is 0.409 e. The molecule has 0 saturated heterocycles. The number of hydrogen-bond donors (Lipinski definition) is 0. The molecule has 6 rings (SSSR count). The minimum Gasteiger partial charge on any atom is -0.409 e. The second kappa shape index (κ2) is 12.9. The average molecular weight is 705 g/mol. The van der Waals surface area contributed by atoms with Crippen LogP contribution in [0.5, 0.6) is 0 Å². The number of benzene rings is 4. The van der Waals surface area contributed by atoms with Gasteiger partial charge in [0, 0.05) is 11.8 Å². The average Bonchev–Trinajstić information content (AvgIpc) is 3.58. The number of rotatable bonds is 8. The molecule has 2 nitrogen and oxygen atoms in total. The first-order chi connectivity index (χ1) is 22.8. The first-order valence-corrected chi connectivity index (χ1v) is 27.4. The fourth-order valence-corrected chi connectivity index (χ4v) is 13.7. The van der Waals surface area contributed by atoms with Gasteiger partial charge in [0.25, 0.3) is 0 Å². The molecule has 0 spiro atoms. The lowest BCUT2D eigenvalue weighted by Gasteiger charge is -2.40. The molecule has 0 saturated carbocycles. The quantitative estimate of drug-likeness (QED) is 0.170. The number of fused-ring (bicyclic) bond motifs is 2. The third kappa shape index (κ3) is 6.67. The Bertz CT molecular complexity index is 1650. The van der Waals surface area contributed by atoms with E-state index >= 15 is 0 Å². The predicted octanol–water partition coefficient (Wildman–Crippen LogP) is 11.3. The van der Waals surface area contributed by atoms with Crippen LogP contribution >= 0.6 is 0 Å². The van der Waals surface area contributed by atoms with Gasteiger partial charge in [-0.2, -0.15) is 0 Å². The van der Waals surface area contributed by atoms with Crippen molar-refractivity contribution in [3.8, 4) is 0 Å². The van der Waals surface area contributed by atoms with Crippen LogP contribution in [0.25, 0.3) is 0 Å². The van der Waals surface area contributed by atoms with Crippen LogP contribution in [-0.4, -0.2) is 24.7 Å². The summed E-state index contributed by atoms with van der Waals surface area (Å²) < 4.78 is 14.8. The molecule has 49 heavy (non-hydrogen) atoms. The zero-order valence-corrected chi connectivity index (χ0v) is 35.3. The Morgan fingerprint density at radius 1 is 0.469 bits per heavy atom. The molecule has 0 N–H and O–H groups in total. The van der Waals surface area contributed by atoms with Crippen molar-refractivity contribution in [1.82, 2.24) is 0 Å². The molecule has 260 valence electrons. The van der Waals surface area contributed by atoms with Crippen molar-refractivity contribution < 1.29 is 8.85 Å². The van der Waals surface area contributed by atoms with E-state index in [0.717, 1.165) is 12.8 Å². The van der Waals surface area contributed by atoms with Crippen LogP contribution in [0, 0.1) is 0 Å². The SMILES string of the molecule is CC(C)(C)[Si](C)(C)OC1c2cccc([Si](C)(C)c3cccc4c3CC(c3ccccc3)C4O[Si](C)(C)C(C)(C)C)c2CC1c1ccccc1. The van der Waals surface area contributed by atoms with Gasteiger partial charge in [0.2, 0.25) is 0 Å². The second-order valence-corrected chi connectivity index (χ2v) is 32.3. The van der Waals surface area contributed by atoms with Crippen molar-refractivity contribution in [2.45, 2.75) is 128 Å². The molecule has 4 aromatic carbocycles. The Morgan fingerprint density at radius 2 is 0.816 bits per heavy atom. The summed E-state index contributed by atoms with van der Waals surface area (Å²) in [6, 6.07) is 36.7. The van der Waals surface area contributed by atoms with Crippen LogP contribution in [-0.2, 0) is 21.7 Å². The molecule has 0 bridgehead atoms. The van der Waals surface area contributed by atoms with E-state index in [9.17, 15) is 0 Å². The normalized spacial score (nSPS) is 21.5. The Kier molecular flexibility index (Phi) is 9.54. The van der Waals surface area contributed by atoms with Gasteiger partial charge in [-0.05, 0) is 82.5 Å². The molecular formula is C44H60O2Si3. The van der Waals surface area contributed by atoms with Crippen LogP contribution in [0.1, 0.15) is 99.0 Å². The van der Waals surface area contributed by atoms with E-state index in [-0.39, 0.29) is 22.3 Å². The molecule has 0 heterocycles. The highest BCUT2D eigenvalue weighted by molar-refractivity contribution is 7.01. The van der Waals surface area contributed by atoms with Crippen molar-refractivity contribution in [2.24, 2.45) is 0 Å². The van der Waals surface area contributed by atoms with Crippen LogP contribution in [0.2, 0.25) is 49.4 Å². The first kappa shape index (κ1) is 36.2. The van der Waals surface area contributed by atoms with Crippen molar-refractivity contribution in [2.75, 3.05) is 0 Å². The van der Waals surface area contributed by atoms with E-state index < -0.39 is 24.7 Å². The molecule has 4 unspecified atom stereocenters. The Labute approximate surface area is 301 Å². The summed E-state index contributed by atoms with van der Waals surface area (Å²) in [6.07, 6.45) is 2.22. The van der Waals surface area contributed by atoms with Crippen LogP contribution < -0.4 is 10.4 Å². The molecule has 0 aliphatic heterocycles. The summed E-state index contributed by atoms with van der Waals surface area (Å²) in [6.45, 7) is 29.0. The Morgan fingerprint density at radius 3 is 1.14 bits per heavy atom. The van der Waals surface area contributed by atoms with E-state index in [4.69, 9.17) is 8.85 Å². The van der Waals surface area contributed by atoms with Gasteiger partial charge in [-0.25, -0.2) is 0 Å². The minimum absolute atomic E-state index is 0.0781. The minimum atomic E-state index is -2.17. The van der Waals surface area contributed by atoms with E-state index in [2.05, 4.69) is 178 Å². The summed E-state index contributed by atoms with van der Waals surface area (Å²) >= 11 is 0. The smallest absolute Gasteiger partial charge is 0.192 e. The molecule has 4 atom stereocenters. The van der Waals surface area contributed by atoms with Crippen molar-refractivity contribution in [1.29, 1.82) is 0 Å². The Balaban J connectivity index is 1.46. The fourth-order valence-electron chi connectivity index (χ4n) is 7.87. The van der Waals surface area contributed by atoms with Gasteiger partial charge in [-0.1, -0.05) is 162 Å². The molecular weight excluding hydrogens is 645 g/mol. The van der Waals surface area contributed by atoms with Crippen molar-refractivity contribution >= 4 is 35.1 Å². The molecule has 2 aliphatic rings. The Hall–Kier alpha value is -2.55. The van der Waals surface area contributed by atoms with E-state index in [1.807, 2.05) is 0 Å². The monoisotopic (exact) mass is 704 g/mol. The maximum absolute atomic E-state index is 7.40. The molecule has 4 aromatic rings. The van der Waals surface area contributed by atoms with Gasteiger partial charge in [0.15, 0.2) is 16.6 Å². The summed E-state index contributed by atoms with van der Waals surface area (Å²) in [4.78, 5) is 0. The highest BCUT2D eigenvalue weighted by atomic mass is 28.4. The van der Waals surface area contributed by atoms with Gasteiger partial charge < -0.3 is 8.85 Å². The molecule has 5 heteroatoms. The molecule has 2 aliphatic carbocycles. The summed E-state index contributed by atoms with van der Waals surface area (Å²) in [5.74, 6) is 0.644. The molecule has 0 amide bonds. The molecule has 0 fully saturated rings. The highest BCUT2D eigenvalue weighted by Crippen LogP contribution is 2.51. The predicted molar refractivity (Wildman–Crippen MR) is 217 cm³/mol. The van der Waals surface area contributed by atoms with Crippen LogP contribution in [0.4, 0.5) is 0 Å². The summed E-state index contributed by atoms with van der Waals surface area (Å²) in [5.41, 5.74) is 8.72. The lowest BCUT2D eigenvalue weighted by atomic mass is 9.94. The third-order valence-corrected chi connectivity index (χ3v) is 25.4. The maximum Gasteiger partial charge on any atom is 0.192 e. The zero-order chi connectivity index (χ0) is 35.6. The molecule has 0 radical (unpaired) electrons. The van der Waals surface area contributed by atoms with Gasteiger partial charge in [-0.15, -0.1) is 0 Å². The summed E-state index contributed by atoms with van der Waals surface area (Å²) in [5, 5.41) is 3.44. The van der Waals surface area contributed by atoms with Gasteiger partial charge in [-0.3, -0.25) is 0 Å². The zero-order valence-electron chi connectivity index (χ0n) is 32.3. The van der Waals surface area contributed by atoms with Crippen molar-refractivity contribution in [3.63, 3.8) is 0 Å². The maximum atomic E-state index is 7.40. The van der Waals surface area contributed by atoms with Crippen molar-refractivity contribution in [3.05, 3.63) is 130 Å². The van der Waals surface area contributed by atoms with Gasteiger partial charge >= 0.3 is 0 Å². The van der Waals surface area contributed by atoms with E-state index in [0.29, 0.717) is 11.8 Å². The third-order valence-electron chi connectivity index (χ3n) is 12.9. The van der Waals surface area contributed by atoms with Gasteiger partial charge in [0.05, 0.1) is 12.2 Å². The van der Waals surface area contributed by atoms with Gasteiger partial charge in [0.1, 0.15) is 8.07 Å². The highest BCUT2D eigenvalue weighted by Gasteiger charge is 2.48. The number of hydrogen-bond acceptors (Lipinski definition) is 2. The van der Waals surface area contributed by atoms with E-state index in [1.54, 1.807) is 21.5 Å². The fraction of sp³-hybridized carbons (Fsp3) is 0.455. The first-order valence-electron chi connectivity index (χ1n) is 18.5. The second-order valence-electron chi connectivity index (χ2n) is 18.4. The summed E-state index contributed by atoms with van der Waals surface area (Å²) in [7, 11) is -6.24. The van der Waals surface area contributed by atoms with Crippen LogP contribution in [0.3, 0.4) is 0 Å². The van der Waals surface area contributed by atoms with E-state index in [1.165, 1.54) is 22.3 Å². The molecule has 0 aromatic heterocycles. The lowest BCUT2D eigenvalue weighted by Crippen LogP contribution is -2.55. The lowest BCUT2D eigenvalue weighted by molar-refractivity contribution is 0.164. The topological polar surface area (TPSA) is 18.5 Å².